The number of hydrogen-bond acceptors (Lipinski definition) is 5. The minimum atomic E-state index is -0.182. The van der Waals surface area contributed by atoms with Crippen LogP contribution in [0.5, 0.6) is 0 Å². The van der Waals surface area contributed by atoms with E-state index in [0.29, 0.717) is 31.7 Å². The smallest absolute Gasteiger partial charge is 0.253 e. The van der Waals surface area contributed by atoms with E-state index in [-0.39, 0.29) is 23.8 Å². The molecule has 4 rings (SSSR count). The van der Waals surface area contributed by atoms with Crippen LogP contribution in [0.2, 0.25) is 0 Å². The van der Waals surface area contributed by atoms with Crippen molar-refractivity contribution in [3.05, 3.63) is 58.8 Å². The molecule has 1 aromatic heterocycles. The summed E-state index contributed by atoms with van der Waals surface area (Å²) >= 11 is 0. The maximum atomic E-state index is 13.0. The number of hydrogen-bond donors (Lipinski definition) is 1. The number of pyridine rings is 1. The predicted octanol–water partition coefficient (Wildman–Crippen LogP) is 2.28. The van der Waals surface area contributed by atoms with Crippen LogP contribution in [0.25, 0.3) is 0 Å². The first-order chi connectivity index (χ1) is 15.0. The van der Waals surface area contributed by atoms with Crippen molar-refractivity contribution in [1.82, 2.24) is 15.2 Å². The van der Waals surface area contributed by atoms with E-state index >= 15 is 0 Å². The molecule has 3 heterocycles. The predicted molar refractivity (Wildman–Crippen MR) is 119 cm³/mol. The molecular weight excluding hydrogens is 392 g/mol. The minimum Gasteiger partial charge on any atom is -0.383 e. The third-order valence-electron chi connectivity index (χ3n) is 6.16. The number of piperazine rings is 1. The zero-order chi connectivity index (χ0) is 22.0. The van der Waals surface area contributed by atoms with Crippen molar-refractivity contribution in [3.63, 3.8) is 0 Å². The number of benzene rings is 1. The fraction of sp³-hybridized carbons (Fsp3) is 0.458. The molecule has 2 fully saturated rings. The van der Waals surface area contributed by atoms with Gasteiger partial charge in [-0.15, -0.1) is 0 Å². The van der Waals surface area contributed by atoms with Crippen LogP contribution < -0.4 is 10.2 Å². The highest BCUT2D eigenvalue weighted by Gasteiger charge is 2.33. The van der Waals surface area contributed by atoms with Crippen LogP contribution in [0.1, 0.15) is 39.4 Å². The Bertz CT molecular complexity index is 952. The van der Waals surface area contributed by atoms with Crippen LogP contribution in [0.3, 0.4) is 0 Å². The third-order valence-corrected chi connectivity index (χ3v) is 6.16. The first kappa shape index (κ1) is 21.3. The molecule has 2 amide bonds. The largest absolute Gasteiger partial charge is 0.383 e. The highest BCUT2D eigenvalue weighted by molar-refractivity contribution is 5.94. The second-order valence-electron chi connectivity index (χ2n) is 8.50. The van der Waals surface area contributed by atoms with Crippen LogP contribution in [0.4, 0.5) is 5.82 Å². The Morgan fingerprint density at radius 3 is 2.52 bits per heavy atom. The minimum absolute atomic E-state index is 0.0252. The number of aromatic nitrogens is 1. The number of amides is 2. The summed E-state index contributed by atoms with van der Waals surface area (Å²) in [6, 6.07) is 9.68. The van der Waals surface area contributed by atoms with Gasteiger partial charge in [-0.3, -0.25) is 9.59 Å². The van der Waals surface area contributed by atoms with Crippen molar-refractivity contribution in [1.29, 1.82) is 0 Å². The molecule has 2 aliphatic heterocycles. The molecule has 0 spiro atoms. The molecule has 31 heavy (non-hydrogen) atoms. The van der Waals surface area contributed by atoms with Gasteiger partial charge in [0.05, 0.1) is 18.6 Å². The van der Waals surface area contributed by atoms with Gasteiger partial charge in [-0.2, -0.15) is 0 Å². The number of carbonyl (C=O) groups is 2. The lowest BCUT2D eigenvalue weighted by Gasteiger charge is -2.36. The SMILES string of the molecule is COCC1CC(c2ccc(C(=O)N3CCN(c4ncc(C)cc4C)CC3)cc2)C(=O)N1. The lowest BCUT2D eigenvalue weighted by atomic mass is 9.95. The van der Waals surface area contributed by atoms with Crippen molar-refractivity contribution < 1.29 is 14.3 Å². The molecule has 2 aliphatic rings. The van der Waals surface area contributed by atoms with Crippen molar-refractivity contribution in [2.45, 2.75) is 32.2 Å². The molecule has 7 heteroatoms. The summed E-state index contributed by atoms with van der Waals surface area (Å²) in [7, 11) is 1.64. The van der Waals surface area contributed by atoms with E-state index in [0.717, 1.165) is 30.0 Å². The van der Waals surface area contributed by atoms with Gasteiger partial charge in [0.25, 0.3) is 5.91 Å². The van der Waals surface area contributed by atoms with Crippen molar-refractivity contribution >= 4 is 17.6 Å². The first-order valence-corrected chi connectivity index (χ1v) is 10.8. The molecule has 2 aromatic rings. The van der Waals surface area contributed by atoms with E-state index in [2.05, 4.69) is 28.2 Å². The Kier molecular flexibility index (Phi) is 6.23. The van der Waals surface area contributed by atoms with Crippen LogP contribution in [0.15, 0.2) is 36.5 Å². The van der Waals surface area contributed by atoms with Crippen molar-refractivity contribution in [3.8, 4) is 0 Å². The molecule has 0 bridgehead atoms. The Morgan fingerprint density at radius 2 is 1.87 bits per heavy atom. The summed E-state index contributed by atoms with van der Waals surface area (Å²) in [5, 5.41) is 2.97. The zero-order valence-corrected chi connectivity index (χ0v) is 18.4. The number of ether oxygens (including phenoxy) is 1. The lowest BCUT2D eigenvalue weighted by molar-refractivity contribution is -0.120. The number of rotatable bonds is 5. The van der Waals surface area contributed by atoms with Gasteiger partial charge < -0.3 is 19.9 Å². The molecule has 2 unspecified atom stereocenters. The average molecular weight is 423 g/mol. The van der Waals surface area contributed by atoms with Gasteiger partial charge in [-0.05, 0) is 49.1 Å². The van der Waals surface area contributed by atoms with Crippen molar-refractivity contribution in [2.75, 3.05) is 44.8 Å². The average Bonchev–Trinajstić information content (AvgIpc) is 3.14. The van der Waals surface area contributed by atoms with Gasteiger partial charge in [-0.1, -0.05) is 18.2 Å². The Morgan fingerprint density at radius 1 is 1.16 bits per heavy atom. The monoisotopic (exact) mass is 422 g/mol. The van der Waals surface area contributed by atoms with E-state index in [1.54, 1.807) is 7.11 Å². The van der Waals surface area contributed by atoms with E-state index < -0.39 is 0 Å². The van der Waals surface area contributed by atoms with Crippen LogP contribution in [-0.4, -0.2) is 67.6 Å². The van der Waals surface area contributed by atoms with E-state index in [1.165, 1.54) is 5.56 Å². The molecule has 164 valence electrons. The van der Waals surface area contributed by atoms with Crippen LogP contribution in [0, 0.1) is 13.8 Å². The van der Waals surface area contributed by atoms with Gasteiger partial charge in [0.1, 0.15) is 5.82 Å². The van der Waals surface area contributed by atoms with Gasteiger partial charge >= 0.3 is 0 Å². The highest BCUT2D eigenvalue weighted by Crippen LogP contribution is 2.27. The topological polar surface area (TPSA) is 74.8 Å². The molecule has 2 saturated heterocycles. The van der Waals surface area contributed by atoms with E-state index in [9.17, 15) is 9.59 Å². The molecule has 7 nitrogen and oxygen atoms in total. The van der Waals surface area contributed by atoms with E-state index in [1.807, 2.05) is 42.3 Å². The summed E-state index contributed by atoms with van der Waals surface area (Å²) in [6.45, 7) is 7.51. The molecule has 1 N–H and O–H groups in total. The molecule has 0 aliphatic carbocycles. The highest BCUT2D eigenvalue weighted by atomic mass is 16.5. The molecule has 2 atom stereocenters. The maximum absolute atomic E-state index is 13.0. The fourth-order valence-electron chi connectivity index (χ4n) is 4.55. The van der Waals surface area contributed by atoms with Gasteiger partial charge in [0, 0.05) is 45.0 Å². The maximum Gasteiger partial charge on any atom is 0.253 e. The number of nitrogens with zero attached hydrogens (tertiary/aromatic N) is 3. The second kappa shape index (κ2) is 9.06. The lowest BCUT2D eigenvalue weighted by Crippen LogP contribution is -2.49. The number of nitrogens with one attached hydrogen (secondary N) is 1. The summed E-state index contributed by atoms with van der Waals surface area (Å²) in [4.78, 5) is 34.0. The number of carbonyl (C=O) groups excluding carboxylic acids is 2. The Labute approximate surface area is 183 Å². The molecular formula is C24H30N4O3. The third kappa shape index (κ3) is 4.56. The summed E-state index contributed by atoms with van der Waals surface area (Å²) < 4.78 is 5.15. The zero-order valence-electron chi connectivity index (χ0n) is 18.4. The second-order valence-corrected chi connectivity index (χ2v) is 8.50. The molecule has 0 saturated carbocycles. The Balaban J connectivity index is 1.36. The summed E-state index contributed by atoms with van der Waals surface area (Å²) in [6.07, 6.45) is 2.61. The number of methoxy groups -OCH3 is 1. The van der Waals surface area contributed by atoms with Crippen molar-refractivity contribution in [2.24, 2.45) is 0 Å². The van der Waals surface area contributed by atoms with E-state index in [4.69, 9.17) is 4.74 Å². The normalized spacial score (nSPS) is 21.3. The summed E-state index contributed by atoms with van der Waals surface area (Å²) in [5.74, 6) is 0.881. The fourth-order valence-corrected chi connectivity index (χ4v) is 4.55. The number of aryl methyl sites for hydroxylation is 2. The van der Waals surface area contributed by atoms with Crippen LogP contribution >= 0.6 is 0 Å². The Hall–Kier alpha value is -2.93. The molecule has 0 radical (unpaired) electrons. The molecule has 1 aromatic carbocycles. The standard InChI is InChI=1S/C24H30N4O3/c1-16-12-17(2)22(25-14-16)27-8-10-28(11-9-27)24(30)19-6-4-18(5-7-19)21-13-20(15-31-3)26-23(21)29/h4-7,12,14,20-21H,8-11,13,15H2,1-3H3,(H,26,29). The quantitative estimate of drug-likeness (QED) is 0.800. The first-order valence-electron chi connectivity index (χ1n) is 10.8. The number of anilines is 1. The van der Waals surface area contributed by atoms with Crippen LogP contribution in [-0.2, 0) is 9.53 Å². The van der Waals surface area contributed by atoms with Gasteiger partial charge in [-0.25, -0.2) is 4.98 Å². The van der Waals surface area contributed by atoms with Gasteiger partial charge in [0.2, 0.25) is 5.91 Å². The summed E-state index contributed by atoms with van der Waals surface area (Å²) in [5.41, 5.74) is 3.92. The van der Waals surface area contributed by atoms with Gasteiger partial charge in [0.15, 0.2) is 0 Å².